The van der Waals surface area contributed by atoms with E-state index >= 15 is 0 Å². The summed E-state index contributed by atoms with van der Waals surface area (Å²) in [6, 6.07) is 4.88. The quantitative estimate of drug-likeness (QED) is 0.697. The molecular weight excluding hydrogens is 379 g/mol. The van der Waals surface area contributed by atoms with Crippen LogP contribution in [0, 0.1) is 0 Å². The van der Waals surface area contributed by atoms with Gasteiger partial charge in [-0.3, -0.25) is 0 Å². The molecule has 152 valence electrons. The molecule has 0 radical (unpaired) electrons. The molecule has 3 rings (SSSR count). The Labute approximate surface area is 162 Å². The Kier molecular flexibility index (Phi) is 6.94. The molecular formula is C19H26ClFO6. The first-order valence-electron chi connectivity index (χ1n) is 9.19. The van der Waals surface area contributed by atoms with Crippen molar-refractivity contribution in [1.82, 2.24) is 0 Å². The SMILES string of the molecule is COC1CCC(Oc2cc([C@@H]3O[C@H](CF)[C@@H](O)[C@H](O)[C@H]3O)ccc2Cl)CC1. The molecule has 3 N–H and O–H groups in total. The van der Waals surface area contributed by atoms with Crippen LogP contribution < -0.4 is 4.74 Å². The third-order valence-corrected chi connectivity index (χ3v) is 5.71. The number of alkyl halides is 1. The van der Waals surface area contributed by atoms with E-state index in [0.717, 1.165) is 25.7 Å². The lowest BCUT2D eigenvalue weighted by Crippen LogP contribution is -2.54. The predicted octanol–water partition coefficient (Wildman–Crippen LogP) is 2.17. The molecule has 5 atom stereocenters. The number of aliphatic hydroxyl groups is 3. The summed E-state index contributed by atoms with van der Waals surface area (Å²) >= 11 is 6.25. The smallest absolute Gasteiger partial charge is 0.138 e. The zero-order valence-corrected chi connectivity index (χ0v) is 15.9. The highest BCUT2D eigenvalue weighted by molar-refractivity contribution is 6.32. The molecule has 1 aliphatic carbocycles. The van der Waals surface area contributed by atoms with E-state index in [2.05, 4.69) is 0 Å². The first-order valence-corrected chi connectivity index (χ1v) is 9.57. The Bertz CT molecular complexity index is 622. The van der Waals surface area contributed by atoms with Gasteiger partial charge in [-0.1, -0.05) is 17.7 Å². The van der Waals surface area contributed by atoms with Crippen LogP contribution in [0.3, 0.4) is 0 Å². The second kappa shape index (κ2) is 9.03. The molecule has 1 aliphatic heterocycles. The van der Waals surface area contributed by atoms with Crippen LogP contribution >= 0.6 is 11.6 Å². The van der Waals surface area contributed by atoms with Gasteiger partial charge in [0.05, 0.1) is 17.2 Å². The summed E-state index contributed by atoms with van der Waals surface area (Å²) in [5.74, 6) is 0.447. The van der Waals surface area contributed by atoms with Gasteiger partial charge in [0, 0.05) is 7.11 Å². The van der Waals surface area contributed by atoms with E-state index in [1.807, 2.05) is 0 Å². The fraction of sp³-hybridized carbons (Fsp3) is 0.684. The van der Waals surface area contributed by atoms with Crippen molar-refractivity contribution in [3.8, 4) is 5.75 Å². The van der Waals surface area contributed by atoms with Gasteiger partial charge in [-0.2, -0.15) is 0 Å². The number of hydrogen-bond acceptors (Lipinski definition) is 6. The lowest BCUT2D eigenvalue weighted by Gasteiger charge is -2.40. The molecule has 27 heavy (non-hydrogen) atoms. The molecule has 0 spiro atoms. The molecule has 0 bridgehead atoms. The highest BCUT2D eigenvalue weighted by atomic mass is 35.5. The summed E-state index contributed by atoms with van der Waals surface area (Å²) in [4.78, 5) is 0. The van der Waals surface area contributed by atoms with E-state index in [9.17, 15) is 19.7 Å². The summed E-state index contributed by atoms with van der Waals surface area (Å²) in [7, 11) is 1.71. The topological polar surface area (TPSA) is 88.4 Å². The van der Waals surface area contributed by atoms with Crippen molar-refractivity contribution < 1.29 is 33.9 Å². The summed E-state index contributed by atoms with van der Waals surface area (Å²) in [6.07, 6.45) is -2.83. The van der Waals surface area contributed by atoms with Crippen molar-refractivity contribution in [2.75, 3.05) is 13.8 Å². The van der Waals surface area contributed by atoms with Gasteiger partial charge in [-0.25, -0.2) is 4.39 Å². The normalized spacial score (nSPS) is 37.2. The fourth-order valence-electron chi connectivity index (χ4n) is 3.71. The Hall–Kier alpha value is -0.960. The van der Waals surface area contributed by atoms with E-state index < -0.39 is 37.2 Å². The van der Waals surface area contributed by atoms with Gasteiger partial charge in [-0.05, 0) is 43.4 Å². The average molecular weight is 405 g/mol. The van der Waals surface area contributed by atoms with Gasteiger partial charge in [0.25, 0.3) is 0 Å². The first kappa shape index (κ1) is 20.8. The highest BCUT2D eigenvalue weighted by Gasteiger charge is 2.44. The summed E-state index contributed by atoms with van der Waals surface area (Å²) in [5, 5.41) is 30.5. The lowest BCUT2D eigenvalue weighted by molar-refractivity contribution is -0.227. The molecule has 0 unspecified atom stereocenters. The van der Waals surface area contributed by atoms with Crippen LogP contribution in [0.4, 0.5) is 4.39 Å². The molecule has 0 amide bonds. The Balaban J connectivity index is 1.74. The van der Waals surface area contributed by atoms with Crippen LogP contribution in [0.1, 0.15) is 37.4 Å². The second-order valence-corrected chi connectivity index (χ2v) is 7.57. The van der Waals surface area contributed by atoms with Crippen LogP contribution in [-0.4, -0.2) is 65.7 Å². The number of ether oxygens (including phenoxy) is 3. The number of aliphatic hydroxyl groups excluding tert-OH is 3. The Morgan fingerprint density at radius 1 is 1.07 bits per heavy atom. The van der Waals surface area contributed by atoms with Crippen molar-refractivity contribution in [2.45, 2.75) is 68.4 Å². The van der Waals surface area contributed by atoms with E-state index in [1.54, 1.807) is 25.3 Å². The van der Waals surface area contributed by atoms with Crippen molar-refractivity contribution in [1.29, 1.82) is 0 Å². The van der Waals surface area contributed by atoms with E-state index in [4.69, 9.17) is 25.8 Å². The van der Waals surface area contributed by atoms with Gasteiger partial charge < -0.3 is 29.5 Å². The minimum Gasteiger partial charge on any atom is -0.489 e. The number of benzene rings is 1. The second-order valence-electron chi connectivity index (χ2n) is 7.16. The molecule has 1 saturated carbocycles. The molecule has 1 aromatic carbocycles. The van der Waals surface area contributed by atoms with Gasteiger partial charge in [0.15, 0.2) is 0 Å². The molecule has 1 saturated heterocycles. The van der Waals surface area contributed by atoms with Crippen LogP contribution in [0.2, 0.25) is 5.02 Å². The molecule has 1 aromatic rings. The zero-order chi connectivity index (χ0) is 19.6. The third-order valence-electron chi connectivity index (χ3n) is 5.40. The largest absolute Gasteiger partial charge is 0.489 e. The Morgan fingerprint density at radius 2 is 1.74 bits per heavy atom. The van der Waals surface area contributed by atoms with E-state index in [0.29, 0.717) is 16.3 Å². The molecule has 2 aliphatic rings. The van der Waals surface area contributed by atoms with Crippen LogP contribution in [0.25, 0.3) is 0 Å². The number of halogens is 2. The maximum Gasteiger partial charge on any atom is 0.138 e. The predicted molar refractivity (Wildman–Crippen MR) is 96.7 cm³/mol. The van der Waals surface area contributed by atoms with Crippen LogP contribution in [0.15, 0.2) is 18.2 Å². The van der Waals surface area contributed by atoms with Crippen molar-refractivity contribution in [2.24, 2.45) is 0 Å². The number of hydrogen-bond donors (Lipinski definition) is 3. The average Bonchev–Trinajstić information content (AvgIpc) is 2.69. The fourth-order valence-corrected chi connectivity index (χ4v) is 3.87. The van der Waals surface area contributed by atoms with Crippen LogP contribution in [-0.2, 0) is 9.47 Å². The number of rotatable bonds is 5. The van der Waals surface area contributed by atoms with Crippen LogP contribution in [0.5, 0.6) is 5.75 Å². The molecule has 8 heteroatoms. The first-order chi connectivity index (χ1) is 12.9. The minimum atomic E-state index is -1.51. The van der Waals surface area contributed by atoms with E-state index in [1.165, 1.54) is 0 Å². The maximum absolute atomic E-state index is 13.1. The van der Waals surface area contributed by atoms with Gasteiger partial charge in [0.2, 0.25) is 0 Å². The molecule has 1 heterocycles. The van der Waals surface area contributed by atoms with Crippen molar-refractivity contribution in [3.05, 3.63) is 28.8 Å². The number of methoxy groups -OCH3 is 1. The molecule has 0 aromatic heterocycles. The standard InChI is InChI=1S/C19H26ClFO6/c1-25-11-3-5-12(6-4-11)26-14-8-10(2-7-13(14)20)19-18(24)17(23)16(22)15(9-21)27-19/h2,7-8,11-12,15-19,22-24H,3-6,9H2,1H3/t11?,12?,15-,16-,17+,18-,19+/m1/s1. The van der Waals surface area contributed by atoms with Crippen molar-refractivity contribution >= 4 is 11.6 Å². The Morgan fingerprint density at radius 3 is 2.37 bits per heavy atom. The van der Waals surface area contributed by atoms with Gasteiger partial charge in [-0.15, -0.1) is 0 Å². The summed E-state index contributed by atoms with van der Waals surface area (Å²) in [5.41, 5.74) is 0.497. The maximum atomic E-state index is 13.1. The van der Waals surface area contributed by atoms with E-state index in [-0.39, 0.29) is 12.2 Å². The third kappa shape index (κ3) is 4.55. The minimum absolute atomic E-state index is 0.00681. The monoisotopic (exact) mass is 404 g/mol. The molecule has 2 fully saturated rings. The van der Waals surface area contributed by atoms with Crippen molar-refractivity contribution in [3.63, 3.8) is 0 Å². The molecule has 6 nitrogen and oxygen atoms in total. The lowest BCUT2D eigenvalue weighted by atomic mass is 9.91. The summed E-state index contributed by atoms with van der Waals surface area (Å²) < 4.78 is 30.0. The van der Waals surface area contributed by atoms with Gasteiger partial charge >= 0.3 is 0 Å². The zero-order valence-electron chi connectivity index (χ0n) is 15.1. The summed E-state index contributed by atoms with van der Waals surface area (Å²) in [6.45, 7) is -0.971. The van der Waals surface area contributed by atoms with Gasteiger partial charge in [0.1, 0.15) is 42.9 Å². The highest BCUT2D eigenvalue weighted by Crippen LogP contribution is 2.37.